The fraction of sp³-hybridized carbons (Fsp3) is 0.769. The van der Waals surface area contributed by atoms with Crippen molar-refractivity contribution < 1.29 is 19.1 Å². The Morgan fingerprint density at radius 1 is 1.17 bits per heavy atom. The van der Waals surface area contributed by atoms with Gasteiger partial charge in [0.15, 0.2) is 0 Å². The SMILES string of the molecule is CCC(=O)CCN(CCOC(=O)C(C)C)C(C)=O. The van der Waals surface area contributed by atoms with Gasteiger partial charge in [-0.3, -0.25) is 14.4 Å². The van der Waals surface area contributed by atoms with Crippen LogP contribution in [0.1, 0.15) is 40.5 Å². The third-order valence-electron chi connectivity index (χ3n) is 2.58. The summed E-state index contributed by atoms with van der Waals surface area (Å²) in [5.74, 6) is -0.430. The number of carbonyl (C=O) groups excluding carboxylic acids is 3. The average molecular weight is 257 g/mol. The van der Waals surface area contributed by atoms with E-state index in [0.717, 1.165) is 0 Å². The largest absolute Gasteiger partial charge is 0.464 e. The molecule has 0 aromatic heterocycles. The number of rotatable bonds is 8. The molecule has 0 radical (unpaired) electrons. The Balaban J connectivity index is 4.02. The molecule has 0 unspecified atom stereocenters. The Bertz CT molecular complexity index is 299. The second kappa shape index (κ2) is 8.66. The predicted octanol–water partition coefficient (Wildman–Crippen LogP) is 1.40. The van der Waals surface area contributed by atoms with E-state index in [2.05, 4.69) is 0 Å². The minimum absolute atomic E-state index is 0.112. The first kappa shape index (κ1) is 16.6. The Hall–Kier alpha value is -1.39. The van der Waals surface area contributed by atoms with Crippen LogP contribution in [-0.2, 0) is 19.1 Å². The maximum atomic E-state index is 11.3. The molecule has 0 aliphatic rings. The summed E-state index contributed by atoms with van der Waals surface area (Å²) in [6, 6.07) is 0. The molecule has 0 heterocycles. The molecule has 0 saturated carbocycles. The predicted molar refractivity (Wildman–Crippen MR) is 68.0 cm³/mol. The van der Waals surface area contributed by atoms with Crippen molar-refractivity contribution in [2.75, 3.05) is 19.7 Å². The molecule has 18 heavy (non-hydrogen) atoms. The minimum Gasteiger partial charge on any atom is -0.464 e. The maximum Gasteiger partial charge on any atom is 0.308 e. The van der Waals surface area contributed by atoms with Crippen molar-refractivity contribution in [2.45, 2.75) is 40.5 Å². The van der Waals surface area contributed by atoms with Crippen molar-refractivity contribution in [1.82, 2.24) is 4.90 Å². The summed E-state index contributed by atoms with van der Waals surface area (Å²) in [5, 5.41) is 0. The van der Waals surface area contributed by atoms with Crippen molar-refractivity contribution in [3.8, 4) is 0 Å². The minimum atomic E-state index is -0.275. The van der Waals surface area contributed by atoms with Gasteiger partial charge in [0.25, 0.3) is 0 Å². The second-order valence-corrected chi connectivity index (χ2v) is 4.47. The fourth-order valence-corrected chi connectivity index (χ4v) is 1.29. The third kappa shape index (κ3) is 7.04. The van der Waals surface area contributed by atoms with Crippen LogP contribution >= 0.6 is 0 Å². The lowest BCUT2D eigenvalue weighted by Gasteiger charge is -2.20. The lowest BCUT2D eigenvalue weighted by Crippen LogP contribution is -2.34. The molecule has 0 aromatic rings. The molecule has 0 aliphatic heterocycles. The summed E-state index contributed by atoms with van der Waals surface area (Å²) in [5.41, 5.74) is 0. The summed E-state index contributed by atoms with van der Waals surface area (Å²) in [6.07, 6.45) is 0.836. The van der Waals surface area contributed by atoms with E-state index in [1.165, 1.54) is 11.8 Å². The summed E-state index contributed by atoms with van der Waals surface area (Å²) in [6.45, 7) is 7.66. The van der Waals surface area contributed by atoms with Gasteiger partial charge in [0.1, 0.15) is 12.4 Å². The molecule has 0 rings (SSSR count). The van der Waals surface area contributed by atoms with Crippen LogP contribution < -0.4 is 0 Å². The first-order valence-corrected chi connectivity index (χ1v) is 6.32. The van der Waals surface area contributed by atoms with Crippen molar-refractivity contribution in [3.63, 3.8) is 0 Å². The van der Waals surface area contributed by atoms with Crippen molar-refractivity contribution in [1.29, 1.82) is 0 Å². The normalized spacial score (nSPS) is 10.3. The van der Waals surface area contributed by atoms with Gasteiger partial charge in [0, 0.05) is 26.3 Å². The molecule has 0 bridgehead atoms. The molecule has 0 saturated heterocycles. The van der Waals surface area contributed by atoms with Crippen LogP contribution in [-0.4, -0.2) is 42.3 Å². The Kier molecular flexibility index (Phi) is 8.00. The first-order chi connectivity index (χ1) is 8.38. The van der Waals surface area contributed by atoms with Gasteiger partial charge in [-0.25, -0.2) is 0 Å². The van der Waals surface area contributed by atoms with Crippen LogP contribution in [0.15, 0.2) is 0 Å². The number of esters is 1. The average Bonchev–Trinajstić information content (AvgIpc) is 2.31. The van der Waals surface area contributed by atoms with E-state index >= 15 is 0 Å². The molecule has 104 valence electrons. The fourth-order valence-electron chi connectivity index (χ4n) is 1.29. The van der Waals surface area contributed by atoms with Crippen molar-refractivity contribution in [2.24, 2.45) is 5.92 Å². The zero-order chi connectivity index (χ0) is 14.1. The number of ketones is 1. The number of carbonyl (C=O) groups is 3. The van der Waals surface area contributed by atoms with E-state index in [1.54, 1.807) is 20.8 Å². The molecule has 1 amide bonds. The van der Waals surface area contributed by atoms with Crippen LogP contribution in [0.5, 0.6) is 0 Å². The molecule has 5 nitrogen and oxygen atoms in total. The van der Waals surface area contributed by atoms with Gasteiger partial charge >= 0.3 is 5.97 Å². The van der Waals surface area contributed by atoms with Gasteiger partial charge in [0.2, 0.25) is 5.91 Å². The lowest BCUT2D eigenvalue weighted by molar-refractivity contribution is -0.149. The topological polar surface area (TPSA) is 63.7 Å². The Morgan fingerprint density at radius 3 is 2.22 bits per heavy atom. The van der Waals surface area contributed by atoms with Gasteiger partial charge in [-0.15, -0.1) is 0 Å². The standard InChI is InChI=1S/C13H23NO4/c1-5-12(16)6-7-14(11(4)15)8-9-18-13(17)10(2)3/h10H,5-9H2,1-4H3. The summed E-state index contributed by atoms with van der Waals surface area (Å²) in [7, 11) is 0. The van der Waals surface area contributed by atoms with Crippen LogP contribution in [0.25, 0.3) is 0 Å². The highest BCUT2D eigenvalue weighted by atomic mass is 16.5. The zero-order valence-corrected chi connectivity index (χ0v) is 11.7. The van der Waals surface area contributed by atoms with Crippen molar-refractivity contribution >= 4 is 17.7 Å². The maximum absolute atomic E-state index is 11.3. The molecule has 0 aliphatic carbocycles. The van der Waals surface area contributed by atoms with Gasteiger partial charge in [-0.2, -0.15) is 0 Å². The van der Waals surface area contributed by atoms with E-state index in [-0.39, 0.29) is 30.2 Å². The van der Waals surface area contributed by atoms with Gasteiger partial charge < -0.3 is 9.64 Å². The van der Waals surface area contributed by atoms with Gasteiger partial charge in [0.05, 0.1) is 12.5 Å². The van der Waals surface area contributed by atoms with Crippen LogP contribution in [0.4, 0.5) is 0 Å². The lowest BCUT2D eigenvalue weighted by atomic mass is 10.2. The monoisotopic (exact) mass is 257 g/mol. The highest BCUT2D eigenvalue weighted by Crippen LogP contribution is 1.99. The van der Waals surface area contributed by atoms with Gasteiger partial charge in [-0.05, 0) is 0 Å². The van der Waals surface area contributed by atoms with Crippen molar-refractivity contribution in [3.05, 3.63) is 0 Å². The molecule has 0 spiro atoms. The van der Waals surface area contributed by atoms with E-state index < -0.39 is 0 Å². The number of hydrogen-bond donors (Lipinski definition) is 0. The van der Waals surface area contributed by atoms with E-state index in [9.17, 15) is 14.4 Å². The van der Waals surface area contributed by atoms with E-state index in [1.807, 2.05) is 0 Å². The molecule has 5 heteroatoms. The quantitative estimate of drug-likeness (QED) is 0.617. The van der Waals surface area contributed by atoms with Crippen LogP contribution in [0, 0.1) is 5.92 Å². The van der Waals surface area contributed by atoms with E-state index in [0.29, 0.717) is 25.9 Å². The molecule has 0 atom stereocenters. The van der Waals surface area contributed by atoms with Crippen LogP contribution in [0.2, 0.25) is 0 Å². The number of hydrogen-bond acceptors (Lipinski definition) is 4. The molecular weight excluding hydrogens is 234 g/mol. The zero-order valence-electron chi connectivity index (χ0n) is 11.7. The number of nitrogens with zero attached hydrogens (tertiary/aromatic N) is 1. The highest BCUT2D eigenvalue weighted by molar-refractivity contribution is 5.79. The summed E-state index contributed by atoms with van der Waals surface area (Å²) < 4.78 is 5.00. The smallest absolute Gasteiger partial charge is 0.308 e. The third-order valence-corrected chi connectivity index (χ3v) is 2.58. The molecule has 0 N–H and O–H groups in total. The molecule has 0 aromatic carbocycles. The van der Waals surface area contributed by atoms with Gasteiger partial charge in [-0.1, -0.05) is 20.8 Å². The van der Waals surface area contributed by atoms with E-state index in [4.69, 9.17) is 4.74 Å². The summed E-state index contributed by atoms with van der Waals surface area (Å²) >= 11 is 0. The van der Waals surface area contributed by atoms with Crippen LogP contribution in [0.3, 0.4) is 0 Å². The summed E-state index contributed by atoms with van der Waals surface area (Å²) in [4.78, 5) is 35.3. The molecule has 0 fully saturated rings. The number of Topliss-reactive ketones (excluding diaryl/α,β-unsaturated/α-hetero) is 1. The number of ether oxygens (including phenoxy) is 1. The highest BCUT2D eigenvalue weighted by Gasteiger charge is 2.12. The Labute approximate surface area is 108 Å². The second-order valence-electron chi connectivity index (χ2n) is 4.47. The number of amides is 1. The molecular formula is C13H23NO4. The Morgan fingerprint density at radius 2 is 1.78 bits per heavy atom. The first-order valence-electron chi connectivity index (χ1n) is 6.32.